The highest BCUT2D eigenvalue weighted by Gasteiger charge is 2.51. The molecule has 1 aromatic rings. The molecule has 4 aliphatic rings. The second-order valence-electron chi connectivity index (χ2n) is 9.63. The van der Waals surface area contributed by atoms with Gasteiger partial charge in [0.05, 0.1) is 35.0 Å². The Hall–Kier alpha value is -2.06. The van der Waals surface area contributed by atoms with Gasteiger partial charge in [0.2, 0.25) is 5.91 Å². The third-order valence-corrected chi connectivity index (χ3v) is 7.90. The summed E-state index contributed by atoms with van der Waals surface area (Å²) in [5.41, 5.74) is 0.257. The third-order valence-electron chi connectivity index (χ3n) is 7.62. The van der Waals surface area contributed by atoms with Gasteiger partial charge in [-0.1, -0.05) is 11.6 Å². The molecule has 1 N–H and O–H groups in total. The van der Waals surface area contributed by atoms with Crippen LogP contribution in [0.1, 0.15) is 51.4 Å². The number of aliphatic hydroxyl groups excluding tert-OH is 1. The summed E-state index contributed by atoms with van der Waals surface area (Å²) in [5, 5.41) is 10.3. The Bertz CT molecular complexity index is 891. The monoisotopic (exact) mass is 462 g/mol. The summed E-state index contributed by atoms with van der Waals surface area (Å²) in [4.78, 5) is 36.0. The molecule has 174 valence electrons. The van der Waals surface area contributed by atoms with Crippen LogP contribution in [0.4, 0.5) is 16.3 Å². The van der Waals surface area contributed by atoms with E-state index in [4.69, 9.17) is 16.3 Å². The fourth-order valence-corrected chi connectivity index (χ4v) is 6.12. The number of anilines is 2. The molecule has 1 aromatic heterocycles. The van der Waals surface area contributed by atoms with Crippen molar-refractivity contribution < 1.29 is 19.4 Å². The minimum Gasteiger partial charge on any atom is -0.449 e. The van der Waals surface area contributed by atoms with Crippen LogP contribution in [0, 0.1) is 5.41 Å². The fraction of sp³-hybridized carbons (Fsp3) is 0.696. The smallest absolute Gasteiger partial charge is 0.414 e. The number of aromatic nitrogens is 1. The first-order valence-electron chi connectivity index (χ1n) is 11.8. The van der Waals surface area contributed by atoms with Crippen molar-refractivity contribution in [1.29, 1.82) is 0 Å². The van der Waals surface area contributed by atoms with E-state index >= 15 is 0 Å². The van der Waals surface area contributed by atoms with Gasteiger partial charge in [0.1, 0.15) is 5.82 Å². The average Bonchev–Trinajstić information content (AvgIpc) is 3.10. The predicted molar refractivity (Wildman–Crippen MR) is 121 cm³/mol. The lowest BCUT2D eigenvalue weighted by molar-refractivity contribution is -0.139. The maximum atomic E-state index is 13.5. The summed E-state index contributed by atoms with van der Waals surface area (Å²) >= 11 is 6.62. The molecule has 1 aliphatic carbocycles. The number of ether oxygens (including phenoxy) is 1. The van der Waals surface area contributed by atoms with Gasteiger partial charge >= 0.3 is 6.09 Å². The Morgan fingerprint density at radius 1 is 1.09 bits per heavy atom. The summed E-state index contributed by atoms with van der Waals surface area (Å²) in [5.74, 6) is 0.930. The van der Waals surface area contributed by atoms with Crippen LogP contribution in [-0.4, -0.2) is 71.9 Å². The second-order valence-corrected chi connectivity index (χ2v) is 10.0. The highest BCUT2D eigenvalue weighted by molar-refractivity contribution is 6.33. The largest absolute Gasteiger partial charge is 0.449 e. The molecule has 1 spiro atoms. The molecule has 2 amide bonds. The zero-order valence-corrected chi connectivity index (χ0v) is 19.1. The first-order chi connectivity index (χ1) is 15.5. The van der Waals surface area contributed by atoms with Gasteiger partial charge in [0.25, 0.3) is 0 Å². The lowest BCUT2D eigenvalue weighted by atomic mass is 9.78. The minimum atomic E-state index is -0.380. The number of halogens is 1. The summed E-state index contributed by atoms with van der Waals surface area (Å²) < 4.78 is 5.12. The van der Waals surface area contributed by atoms with Crippen LogP contribution < -0.4 is 9.80 Å². The normalized spacial score (nSPS) is 31.4. The number of carbonyl (C=O) groups is 2. The molecule has 0 bridgehead atoms. The van der Waals surface area contributed by atoms with Crippen LogP contribution in [0.15, 0.2) is 12.3 Å². The lowest BCUT2D eigenvalue weighted by Gasteiger charge is -2.41. The number of piperidine rings is 1. The number of cyclic esters (lactones) is 1. The van der Waals surface area contributed by atoms with Crippen molar-refractivity contribution in [3.05, 3.63) is 17.3 Å². The number of aliphatic hydroxyl groups is 1. The van der Waals surface area contributed by atoms with Crippen molar-refractivity contribution in [3.63, 3.8) is 0 Å². The van der Waals surface area contributed by atoms with Crippen molar-refractivity contribution >= 4 is 35.1 Å². The van der Waals surface area contributed by atoms with E-state index in [-0.39, 0.29) is 29.6 Å². The molecule has 3 saturated heterocycles. The lowest BCUT2D eigenvalue weighted by Crippen LogP contribution is -2.50. The number of likely N-dealkylation sites (tertiary alicyclic amines) is 1. The van der Waals surface area contributed by atoms with Gasteiger partial charge in [-0.05, 0) is 57.4 Å². The van der Waals surface area contributed by atoms with Crippen LogP contribution in [0.5, 0.6) is 0 Å². The molecule has 8 nitrogen and oxygen atoms in total. The van der Waals surface area contributed by atoms with Gasteiger partial charge < -0.3 is 19.6 Å². The van der Waals surface area contributed by atoms with Gasteiger partial charge in [-0.3, -0.25) is 9.69 Å². The Morgan fingerprint density at radius 2 is 1.91 bits per heavy atom. The van der Waals surface area contributed by atoms with E-state index in [1.54, 1.807) is 17.2 Å². The summed E-state index contributed by atoms with van der Waals surface area (Å²) in [6, 6.07) is 2.03. The van der Waals surface area contributed by atoms with E-state index in [0.717, 1.165) is 64.5 Å². The van der Waals surface area contributed by atoms with Crippen LogP contribution in [0.25, 0.3) is 0 Å². The first kappa shape index (κ1) is 21.8. The Labute approximate surface area is 193 Å². The molecule has 0 radical (unpaired) electrons. The molecule has 5 rings (SSSR count). The Morgan fingerprint density at radius 3 is 2.66 bits per heavy atom. The zero-order valence-electron chi connectivity index (χ0n) is 18.3. The molecule has 0 aromatic carbocycles. The van der Waals surface area contributed by atoms with E-state index in [0.29, 0.717) is 36.2 Å². The quantitative estimate of drug-likeness (QED) is 0.742. The Balaban J connectivity index is 1.31. The summed E-state index contributed by atoms with van der Waals surface area (Å²) in [6.07, 6.45) is 7.87. The van der Waals surface area contributed by atoms with Gasteiger partial charge in [0.15, 0.2) is 0 Å². The van der Waals surface area contributed by atoms with Gasteiger partial charge in [-0.25, -0.2) is 9.78 Å². The van der Waals surface area contributed by atoms with Gasteiger partial charge in [-0.15, -0.1) is 0 Å². The maximum absolute atomic E-state index is 13.5. The zero-order chi connectivity index (χ0) is 22.3. The van der Waals surface area contributed by atoms with Crippen molar-refractivity contribution in [1.82, 2.24) is 9.88 Å². The number of nitrogens with zero attached hydrogens (tertiary/aromatic N) is 4. The second kappa shape index (κ2) is 8.71. The summed E-state index contributed by atoms with van der Waals surface area (Å²) in [7, 11) is 0. The minimum absolute atomic E-state index is 0.217. The fourth-order valence-electron chi connectivity index (χ4n) is 5.84. The first-order valence-corrected chi connectivity index (χ1v) is 12.2. The summed E-state index contributed by atoms with van der Waals surface area (Å²) in [6.45, 7) is 3.26. The maximum Gasteiger partial charge on any atom is 0.414 e. The molecule has 1 atom stereocenters. The van der Waals surface area contributed by atoms with E-state index in [1.165, 1.54) is 0 Å². The van der Waals surface area contributed by atoms with Crippen molar-refractivity contribution in [3.8, 4) is 0 Å². The molecule has 3 aliphatic heterocycles. The molecule has 4 fully saturated rings. The Kier molecular flexibility index (Phi) is 5.92. The highest BCUT2D eigenvalue weighted by atomic mass is 35.5. The molecule has 9 heteroatoms. The van der Waals surface area contributed by atoms with Gasteiger partial charge in [0, 0.05) is 32.2 Å². The van der Waals surface area contributed by atoms with E-state index in [9.17, 15) is 14.7 Å². The third kappa shape index (κ3) is 3.92. The van der Waals surface area contributed by atoms with E-state index < -0.39 is 0 Å². The topological polar surface area (TPSA) is 86.2 Å². The molecule has 1 saturated carbocycles. The molecule has 1 unspecified atom stereocenters. The molecular weight excluding hydrogens is 432 g/mol. The van der Waals surface area contributed by atoms with Crippen LogP contribution >= 0.6 is 11.6 Å². The molecule has 4 heterocycles. The number of carbonyl (C=O) groups excluding carboxylic acids is 2. The van der Waals surface area contributed by atoms with E-state index in [1.807, 2.05) is 0 Å². The predicted octanol–water partition coefficient (Wildman–Crippen LogP) is 3.20. The van der Waals surface area contributed by atoms with E-state index in [2.05, 4.69) is 14.8 Å². The number of hydrogen-bond acceptors (Lipinski definition) is 6. The number of hydrogen-bond donors (Lipinski definition) is 1. The van der Waals surface area contributed by atoms with Crippen LogP contribution in [0.3, 0.4) is 0 Å². The molecular formula is C23H31ClN4O4. The van der Waals surface area contributed by atoms with Crippen molar-refractivity contribution in [2.45, 2.75) is 63.5 Å². The number of rotatable bonds is 3. The molecule has 32 heavy (non-hydrogen) atoms. The SMILES string of the molecule is O=C1OCCCN1c1cnc(N2CCCC3(CCN([C@H]4CC[C@H](O)CC4)C3=O)C2)c(Cl)c1. The number of pyridine rings is 1. The van der Waals surface area contributed by atoms with Crippen molar-refractivity contribution in [2.75, 3.05) is 42.6 Å². The van der Waals surface area contributed by atoms with Crippen LogP contribution in [-0.2, 0) is 9.53 Å². The average molecular weight is 463 g/mol. The van der Waals surface area contributed by atoms with Crippen molar-refractivity contribution in [2.24, 2.45) is 5.41 Å². The standard InChI is InChI=1S/C23H31ClN4O4/c24-19-13-17(28-10-2-12-32-22(28)31)14-25-20(19)26-9-1-7-23(15-26)8-11-27(21(23)30)16-3-5-18(29)6-4-16/h13-14,16,18,29H,1-12,15H2/t16-,18-,23?. The van der Waals surface area contributed by atoms with Crippen LogP contribution in [0.2, 0.25) is 5.02 Å². The van der Waals surface area contributed by atoms with Gasteiger partial charge in [-0.2, -0.15) is 0 Å². The highest BCUT2D eigenvalue weighted by Crippen LogP contribution is 2.44. The number of amides is 2.